The Kier molecular flexibility index (Phi) is 4.43. The Morgan fingerprint density at radius 2 is 2.08 bits per heavy atom. The highest BCUT2D eigenvalue weighted by atomic mass is 79.9. The third-order valence-electron chi connectivity index (χ3n) is 2.22. The van der Waals surface area contributed by atoms with Crippen LogP contribution in [-0.4, -0.2) is 23.5 Å². The molecule has 0 amide bonds. The molecular weight excluding hydrogens is 236 g/mol. The predicted octanol–water partition coefficient (Wildman–Crippen LogP) is 2.20. The number of aliphatic imine (C=N–C) groups is 1. The maximum Gasteiger partial charge on any atom is 0.156 e. The Bertz CT molecular complexity index is 166. The van der Waals surface area contributed by atoms with Crippen LogP contribution in [-0.2, 0) is 0 Å². The van der Waals surface area contributed by atoms with E-state index in [4.69, 9.17) is 0 Å². The summed E-state index contributed by atoms with van der Waals surface area (Å²) in [5.74, 6) is 0. The molecule has 2 aliphatic rings. The zero-order valence-electron chi connectivity index (χ0n) is 7.08. The summed E-state index contributed by atoms with van der Waals surface area (Å²) in [7, 11) is 0. The van der Waals surface area contributed by atoms with Gasteiger partial charge in [-0.15, -0.1) is 17.0 Å². The van der Waals surface area contributed by atoms with Crippen LogP contribution in [0.15, 0.2) is 4.99 Å². The number of halogens is 1. The smallest absolute Gasteiger partial charge is 0.156 e. The van der Waals surface area contributed by atoms with Crippen molar-refractivity contribution in [1.29, 1.82) is 0 Å². The number of amidine groups is 1. The van der Waals surface area contributed by atoms with Gasteiger partial charge in [-0.3, -0.25) is 4.99 Å². The Morgan fingerprint density at radius 3 is 2.67 bits per heavy atom. The van der Waals surface area contributed by atoms with E-state index in [1.807, 2.05) is 11.8 Å². The van der Waals surface area contributed by atoms with Crippen molar-refractivity contribution in [1.82, 2.24) is 5.32 Å². The van der Waals surface area contributed by atoms with E-state index in [-0.39, 0.29) is 17.0 Å². The van der Waals surface area contributed by atoms with Crippen LogP contribution in [0.2, 0.25) is 0 Å². The predicted molar refractivity (Wildman–Crippen MR) is 60.5 cm³/mol. The van der Waals surface area contributed by atoms with Crippen molar-refractivity contribution in [3.8, 4) is 0 Å². The van der Waals surface area contributed by atoms with Gasteiger partial charge < -0.3 is 5.32 Å². The summed E-state index contributed by atoms with van der Waals surface area (Å²) >= 11 is 1.95. The van der Waals surface area contributed by atoms with Gasteiger partial charge in [0, 0.05) is 11.8 Å². The second-order valence-corrected chi connectivity index (χ2v) is 4.43. The summed E-state index contributed by atoms with van der Waals surface area (Å²) in [5.41, 5.74) is 0. The Morgan fingerprint density at radius 1 is 1.33 bits per heavy atom. The maximum atomic E-state index is 4.37. The minimum atomic E-state index is 0. The number of thioether (sulfide) groups is 1. The lowest BCUT2D eigenvalue weighted by Crippen LogP contribution is -2.17. The highest BCUT2D eigenvalue weighted by molar-refractivity contribution is 8.93. The van der Waals surface area contributed by atoms with Gasteiger partial charge in [0.1, 0.15) is 0 Å². The minimum absolute atomic E-state index is 0. The average Bonchev–Trinajstić information content (AvgIpc) is 2.60. The standard InChI is InChI=1S/C8H14N2S.BrH/c1-2-4-7(3-1)11-8-9-5-6-10-8;/h7H,1-6H2,(H,9,10);1H. The van der Waals surface area contributed by atoms with Crippen molar-refractivity contribution in [2.45, 2.75) is 30.9 Å². The maximum absolute atomic E-state index is 4.37. The molecule has 0 unspecified atom stereocenters. The van der Waals surface area contributed by atoms with Crippen LogP contribution >= 0.6 is 28.7 Å². The molecule has 4 heteroatoms. The monoisotopic (exact) mass is 250 g/mol. The highest BCUT2D eigenvalue weighted by Crippen LogP contribution is 2.30. The second kappa shape index (κ2) is 5.12. The van der Waals surface area contributed by atoms with E-state index in [9.17, 15) is 0 Å². The quantitative estimate of drug-likeness (QED) is 0.772. The summed E-state index contributed by atoms with van der Waals surface area (Å²) < 4.78 is 0. The van der Waals surface area contributed by atoms with E-state index in [1.54, 1.807) is 0 Å². The first-order valence-electron chi connectivity index (χ1n) is 4.40. The van der Waals surface area contributed by atoms with Crippen LogP contribution in [0, 0.1) is 0 Å². The van der Waals surface area contributed by atoms with Crippen molar-refractivity contribution in [3.63, 3.8) is 0 Å². The molecule has 1 heterocycles. The van der Waals surface area contributed by atoms with Crippen LogP contribution in [0.5, 0.6) is 0 Å². The fourth-order valence-corrected chi connectivity index (χ4v) is 2.86. The fraction of sp³-hybridized carbons (Fsp3) is 0.875. The normalized spacial score (nSPS) is 23.2. The lowest BCUT2D eigenvalue weighted by atomic mass is 10.4. The number of nitrogens with zero attached hydrogens (tertiary/aromatic N) is 1. The molecule has 0 radical (unpaired) electrons. The summed E-state index contributed by atoms with van der Waals surface area (Å²) in [5, 5.41) is 5.35. The number of hydrogen-bond acceptors (Lipinski definition) is 3. The van der Waals surface area contributed by atoms with Crippen molar-refractivity contribution in [3.05, 3.63) is 0 Å². The van der Waals surface area contributed by atoms with E-state index >= 15 is 0 Å². The van der Waals surface area contributed by atoms with Gasteiger partial charge in [-0.05, 0) is 12.8 Å². The second-order valence-electron chi connectivity index (χ2n) is 3.14. The zero-order chi connectivity index (χ0) is 7.52. The van der Waals surface area contributed by atoms with E-state index in [1.165, 1.54) is 30.9 Å². The van der Waals surface area contributed by atoms with Gasteiger partial charge in [0.2, 0.25) is 0 Å². The largest absolute Gasteiger partial charge is 0.363 e. The van der Waals surface area contributed by atoms with Gasteiger partial charge in [-0.2, -0.15) is 0 Å². The molecule has 2 nitrogen and oxygen atoms in total. The molecule has 12 heavy (non-hydrogen) atoms. The van der Waals surface area contributed by atoms with Crippen LogP contribution < -0.4 is 5.32 Å². The Hall–Kier alpha value is 0.300. The number of hydrogen-bond donors (Lipinski definition) is 1. The third-order valence-corrected chi connectivity index (χ3v) is 3.53. The SMILES string of the molecule is Br.C1CCC(SC2=NCCN2)C1. The summed E-state index contributed by atoms with van der Waals surface area (Å²) in [4.78, 5) is 4.37. The van der Waals surface area contributed by atoms with Gasteiger partial charge in [0.15, 0.2) is 5.17 Å². The molecule has 1 saturated carbocycles. The Labute approximate surface area is 88.4 Å². The highest BCUT2D eigenvalue weighted by Gasteiger charge is 2.18. The molecule has 0 aromatic carbocycles. The van der Waals surface area contributed by atoms with E-state index in [2.05, 4.69) is 10.3 Å². The summed E-state index contributed by atoms with van der Waals surface area (Å²) in [6.07, 6.45) is 5.63. The van der Waals surface area contributed by atoms with Crippen molar-refractivity contribution in [2.75, 3.05) is 13.1 Å². The van der Waals surface area contributed by atoms with Crippen molar-refractivity contribution < 1.29 is 0 Å². The first kappa shape index (κ1) is 10.4. The average molecular weight is 251 g/mol. The molecule has 1 aliphatic carbocycles. The molecule has 0 aromatic rings. The number of rotatable bonds is 1. The lowest BCUT2D eigenvalue weighted by Gasteiger charge is -2.07. The fourth-order valence-electron chi connectivity index (χ4n) is 1.62. The topological polar surface area (TPSA) is 24.4 Å². The molecule has 1 aliphatic heterocycles. The molecule has 0 aromatic heterocycles. The van der Waals surface area contributed by atoms with E-state index in [0.29, 0.717) is 0 Å². The van der Waals surface area contributed by atoms with Crippen LogP contribution in [0.1, 0.15) is 25.7 Å². The molecule has 0 bridgehead atoms. The molecule has 1 fully saturated rings. The van der Waals surface area contributed by atoms with Crippen molar-refractivity contribution in [2.24, 2.45) is 4.99 Å². The Balaban J connectivity index is 0.000000720. The van der Waals surface area contributed by atoms with Gasteiger partial charge in [0.05, 0.1) is 6.54 Å². The molecule has 0 spiro atoms. The third kappa shape index (κ3) is 2.66. The number of nitrogens with one attached hydrogen (secondary N) is 1. The van der Waals surface area contributed by atoms with Crippen LogP contribution in [0.25, 0.3) is 0 Å². The van der Waals surface area contributed by atoms with Gasteiger partial charge in [-0.25, -0.2) is 0 Å². The first-order valence-corrected chi connectivity index (χ1v) is 5.28. The van der Waals surface area contributed by atoms with Crippen LogP contribution in [0.4, 0.5) is 0 Å². The van der Waals surface area contributed by atoms with Crippen molar-refractivity contribution >= 4 is 33.9 Å². The molecule has 1 N–H and O–H groups in total. The molecule has 0 saturated heterocycles. The molecular formula is C8H15BrN2S. The zero-order valence-corrected chi connectivity index (χ0v) is 9.61. The van der Waals surface area contributed by atoms with E-state index < -0.39 is 0 Å². The van der Waals surface area contributed by atoms with Gasteiger partial charge in [-0.1, -0.05) is 24.6 Å². The van der Waals surface area contributed by atoms with E-state index in [0.717, 1.165) is 18.3 Å². The molecule has 70 valence electrons. The van der Waals surface area contributed by atoms with Gasteiger partial charge in [0.25, 0.3) is 0 Å². The summed E-state index contributed by atoms with van der Waals surface area (Å²) in [6.45, 7) is 2.03. The summed E-state index contributed by atoms with van der Waals surface area (Å²) in [6, 6.07) is 0. The van der Waals surface area contributed by atoms with Crippen LogP contribution in [0.3, 0.4) is 0 Å². The molecule has 2 rings (SSSR count). The van der Waals surface area contributed by atoms with Gasteiger partial charge >= 0.3 is 0 Å². The lowest BCUT2D eigenvalue weighted by molar-refractivity contribution is 0.886. The first-order chi connectivity index (χ1) is 5.45. The minimum Gasteiger partial charge on any atom is -0.363 e. The molecule has 0 atom stereocenters.